The molecule has 0 aromatic heterocycles. The topological polar surface area (TPSA) is 180 Å². The van der Waals surface area contributed by atoms with Crippen molar-refractivity contribution in [2.75, 3.05) is 40.2 Å². The fraction of sp³-hybridized carbons (Fsp3) is 0.333. The Hall–Kier alpha value is -5.57. The quantitative estimate of drug-likeness (QED) is 0.0733. The molecule has 2 fully saturated rings. The third-order valence-corrected chi connectivity index (χ3v) is 13.9. The number of rotatable bonds is 10. The van der Waals surface area contributed by atoms with E-state index in [-0.39, 0.29) is 43.3 Å². The molecule has 3 heterocycles. The lowest BCUT2D eigenvalue weighted by atomic mass is 9.82. The summed E-state index contributed by atoms with van der Waals surface area (Å²) in [5, 5.41) is 15.7. The molecule has 0 bridgehead atoms. The lowest BCUT2D eigenvalue weighted by Gasteiger charge is -2.31. The Morgan fingerprint density at radius 2 is 1.46 bits per heavy atom. The molecule has 3 aliphatic heterocycles. The van der Waals surface area contributed by atoms with Gasteiger partial charge < -0.3 is 45.9 Å². The Morgan fingerprint density at radius 3 is 2.04 bits per heavy atom. The first-order valence-corrected chi connectivity index (χ1v) is 21.8. The van der Waals surface area contributed by atoms with Crippen molar-refractivity contribution in [1.29, 1.82) is 0 Å². The highest BCUT2D eigenvalue weighted by Gasteiger charge is 2.67. The van der Waals surface area contributed by atoms with Crippen molar-refractivity contribution in [3.63, 3.8) is 0 Å². The number of aliphatic hydroxyl groups excluding tert-OH is 1. The van der Waals surface area contributed by atoms with E-state index in [1.807, 2.05) is 19.1 Å². The van der Waals surface area contributed by atoms with E-state index in [0.29, 0.717) is 58.1 Å². The molecule has 4 aromatic rings. The van der Waals surface area contributed by atoms with Gasteiger partial charge in [-0.25, -0.2) is 0 Å². The van der Waals surface area contributed by atoms with Crippen LogP contribution in [0.25, 0.3) is 0 Å². The van der Waals surface area contributed by atoms with E-state index in [4.69, 9.17) is 16.2 Å². The van der Waals surface area contributed by atoms with Gasteiger partial charge in [0.2, 0.25) is 14.3 Å². The van der Waals surface area contributed by atoms with Crippen molar-refractivity contribution in [3.8, 4) is 0 Å². The van der Waals surface area contributed by atoms with Crippen LogP contribution in [0.15, 0.2) is 91.0 Å². The van der Waals surface area contributed by atoms with Crippen molar-refractivity contribution < 1.29 is 33.1 Å². The van der Waals surface area contributed by atoms with Gasteiger partial charge in [-0.2, -0.15) is 0 Å². The summed E-state index contributed by atoms with van der Waals surface area (Å²) in [5.74, 6) is -1.99. The maximum atomic E-state index is 16.5. The fourth-order valence-corrected chi connectivity index (χ4v) is 11.2. The van der Waals surface area contributed by atoms with E-state index in [0.717, 1.165) is 12.0 Å². The van der Waals surface area contributed by atoms with Gasteiger partial charge in [0, 0.05) is 57.4 Å². The van der Waals surface area contributed by atoms with E-state index < -0.39 is 37.5 Å². The van der Waals surface area contributed by atoms with Gasteiger partial charge in [0.15, 0.2) is 5.60 Å². The number of nitrogen functional groups attached to an aromatic ring is 2. The molecule has 0 unspecified atom stereocenters. The summed E-state index contributed by atoms with van der Waals surface area (Å²) >= 11 is 0. The maximum absolute atomic E-state index is 16.5. The normalized spacial score (nSPS) is 23.1. The molecule has 4 amide bonds. The number of halogens is 1. The van der Waals surface area contributed by atoms with Crippen LogP contribution in [0.1, 0.15) is 58.0 Å². The third-order valence-electron chi connectivity index (χ3n) is 11.4. The van der Waals surface area contributed by atoms with Crippen LogP contribution in [0.3, 0.4) is 0 Å². The predicted octanol–water partition coefficient (Wildman–Crippen LogP) is 6.05. The van der Waals surface area contributed by atoms with E-state index in [9.17, 15) is 19.5 Å². The van der Waals surface area contributed by atoms with E-state index in [1.165, 1.54) is 0 Å². The number of fused-ring (bicyclic) bond motifs is 2. The Balaban J connectivity index is 1.22. The van der Waals surface area contributed by atoms with Gasteiger partial charge in [0.05, 0.1) is 37.4 Å². The molecule has 7 rings (SSSR count). The Labute approximate surface area is 326 Å². The van der Waals surface area contributed by atoms with E-state index in [1.54, 1.807) is 102 Å². The van der Waals surface area contributed by atoms with Crippen LogP contribution in [0.4, 0.5) is 32.5 Å². The van der Waals surface area contributed by atoms with Crippen molar-refractivity contribution >= 4 is 60.5 Å². The number of nitrogens with zero attached hydrogens (tertiary/aromatic N) is 2. The Bertz CT molecular complexity index is 2140. The first kappa shape index (κ1) is 38.7. The van der Waals surface area contributed by atoms with Gasteiger partial charge in [-0.15, -0.1) is 0 Å². The van der Waals surface area contributed by atoms with Crippen molar-refractivity contribution in [1.82, 2.24) is 4.90 Å². The number of nitrogens with one attached hydrogen (secondary N) is 2. The van der Waals surface area contributed by atoms with Gasteiger partial charge in [0.1, 0.15) is 0 Å². The number of likely N-dealkylation sites (tertiary alicyclic amines) is 1. The molecule has 0 saturated carbocycles. The number of nitrogens with two attached hydrogens (primary N) is 2. The molecular weight excluding hydrogens is 732 g/mol. The number of hydrogen-bond acceptors (Lipinski definition) is 8. The summed E-state index contributed by atoms with van der Waals surface area (Å²) in [5.41, 5.74) is 13.8. The van der Waals surface area contributed by atoms with E-state index in [2.05, 4.69) is 10.6 Å². The molecular formula is C42H47FN6O6Si. The minimum atomic E-state index is -3.59. The average Bonchev–Trinajstić information content (AvgIpc) is 3.83. The second-order valence-electron chi connectivity index (χ2n) is 15.5. The number of amides is 4. The summed E-state index contributed by atoms with van der Waals surface area (Å²) < 4.78 is 23.4. The van der Waals surface area contributed by atoms with Crippen LogP contribution >= 0.6 is 0 Å². The number of carbonyl (C=O) groups excluding carboxylic acids is 4. The lowest BCUT2D eigenvalue weighted by Crippen LogP contribution is -2.45. The van der Waals surface area contributed by atoms with Crippen LogP contribution in [0.2, 0.25) is 18.6 Å². The molecule has 0 radical (unpaired) electrons. The van der Waals surface area contributed by atoms with Crippen molar-refractivity contribution in [2.45, 2.75) is 69.1 Å². The molecule has 2 saturated heterocycles. The molecule has 12 nitrogen and oxygen atoms in total. The highest BCUT2D eigenvalue weighted by Crippen LogP contribution is 2.60. The van der Waals surface area contributed by atoms with Gasteiger partial charge in [-0.1, -0.05) is 19.1 Å². The summed E-state index contributed by atoms with van der Waals surface area (Å²) in [7, 11) is -3.59. The summed E-state index contributed by atoms with van der Waals surface area (Å²) in [6.07, 6.45) is 0.408. The molecule has 3 aliphatic rings. The molecule has 56 heavy (non-hydrogen) atoms. The van der Waals surface area contributed by atoms with Gasteiger partial charge in [-0.05, 0) is 110 Å². The summed E-state index contributed by atoms with van der Waals surface area (Å²) in [6, 6.07) is 25.1. The number of aliphatic hydroxyl groups is 1. The van der Waals surface area contributed by atoms with Crippen LogP contribution in [0.5, 0.6) is 0 Å². The molecule has 14 heteroatoms. The van der Waals surface area contributed by atoms with Crippen molar-refractivity contribution in [3.05, 3.63) is 113 Å². The van der Waals surface area contributed by atoms with Crippen LogP contribution in [-0.2, 0) is 26.5 Å². The summed E-state index contributed by atoms with van der Waals surface area (Å²) in [4.78, 5) is 58.2. The zero-order valence-corrected chi connectivity index (χ0v) is 32.6. The second-order valence-corrected chi connectivity index (χ2v) is 19.3. The van der Waals surface area contributed by atoms with Crippen LogP contribution < -0.4 is 27.0 Å². The third kappa shape index (κ3) is 7.27. The number of hydrogen-bond donors (Lipinski definition) is 5. The Morgan fingerprint density at radius 1 is 0.893 bits per heavy atom. The zero-order chi connectivity index (χ0) is 39.9. The molecule has 4 aromatic carbocycles. The number of anilines is 5. The summed E-state index contributed by atoms with van der Waals surface area (Å²) in [6.45, 7) is 5.44. The predicted molar refractivity (Wildman–Crippen MR) is 216 cm³/mol. The first-order valence-electron chi connectivity index (χ1n) is 18.9. The molecule has 292 valence electrons. The second kappa shape index (κ2) is 15.2. The highest BCUT2D eigenvalue weighted by atomic mass is 28.4. The molecule has 1 spiro atoms. The Kier molecular flexibility index (Phi) is 10.5. The monoisotopic (exact) mass is 778 g/mol. The van der Waals surface area contributed by atoms with Gasteiger partial charge in [-0.3, -0.25) is 19.2 Å². The zero-order valence-electron chi connectivity index (χ0n) is 31.6. The standard InChI is InChI=1S/C42H47FN6O6Si/c1-25-38(56(2,3)43)36(22-37(51)48-20-4-5-33(48)24-50)55-42(25)34-21-32(47-40(53)28-10-14-30(45)15-11-28)18-19-35(34)49(41(42)54)23-26-6-16-31(17-7-26)46-39(52)27-8-12-29(44)13-9-27/h6-19,21,25,33,36,38,50H,4-5,20,22-24,44-45H2,1-3H3,(H,46,52)(H,47,53)/t25-,33+,36+,38-,42+/m1/s1. The van der Waals surface area contributed by atoms with Crippen molar-refractivity contribution in [2.24, 2.45) is 5.92 Å². The number of ether oxygens (including phenoxy) is 1. The molecule has 5 atom stereocenters. The molecule has 0 aliphatic carbocycles. The first-order chi connectivity index (χ1) is 26.7. The number of carbonyl (C=O) groups is 4. The van der Waals surface area contributed by atoms with Gasteiger partial charge >= 0.3 is 0 Å². The largest absolute Gasteiger partial charge is 0.399 e. The van der Waals surface area contributed by atoms with Crippen LogP contribution in [0, 0.1) is 5.92 Å². The highest BCUT2D eigenvalue weighted by molar-refractivity contribution is 6.72. The van der Waals surface area contributed by atoms with Crippen LogP contribution in [-0.4, -0.2) is 67.3 Å². The van der Waals surface area contributed by atoms with Gasteiger partial charge in [0.25, 0.3) is 17.7 Å². The SMILES string of the molecule is C[C@@H]1[C@@H]([Si](C)(C)F)[C@H](CC(=O)N2CCC[C@H]2CO)O[C@@]12C(=O)N(Cc1ccc(NC(=O)c3ccc(N)cc3)cc1)c1ccc(NC(=O)c3ccc(N)cc3)cc12. The lowest BCUT2D eigenvalue weighted by molar-refractivity contribution is -0.150. The molecule has 7 N–H and O–H groups in total. The number of benzene rings is 4. The maximum Gasteiger partial charge on any atom is 0.264 e. The minimum Gasteiger partial charge on any atom is -0.399 e. The minimum absolute atomic E-state index is 0.129. The van der Waals surface area contributed by atoms with E-state index >= 15 is 8.90 Å². The fourth-order valence-electron chi connectivity index (χ4n) is 8.68. The average molecular weight is 779 g/mol. The smallest absolute Gasteiger partial charge is 0.264 e.